The molecule has 1 aromatic carbocycles. The second kappa shape index (κ2) is 10.6. The van der Waals surface area contributed by atoms with Gasteiger partial charge in [-0.2, -0.15) is 13.2 Å². The van der Waals surface area contributed by atoms with Gasteiger partial charge in [0.05, 0.1) is 5.69 Å². The number of pyridine rings is 1. The monoisotopic (exact) mass is 448 g/mol. The molecule has 1 saturated heterocycles. The van der Waals surface area contributed by atoms with Crippen LogP contribution in [0.1, 0.15) is 23.4 Å². The molecule has 3 rings (SSSR count). The van der Waals surface area contributed by atoms with Gasteiger partial charge in [-0.25, -0.2) is 0 Å². The Kier molecular flexibility index (Phi) is 7.84. The second-order valence-corrected chi connectivity index (χ2v) is 7.94. The largest absolute Gasteiger partial charge is 0.471 e. The van der Waals surface area contributed by atoms with Gasteiger partial charge in [-0.1, -0.05) is 36.4 Å². The molecule has 1 unspecified atom stereocenters. The first-order valence-corrected chi connectivity index (χ1v) is 10.6. The van der Waals surface area contributed by atoms with Crippen LogP contribution in [0.25, 0.3) is 0 Å². The van der Waals surface area contributed by atoms with E-state index in [9.17, 15) is 22.8 Å². The fraction of sp³-hybridized carbons (Fsp3) is 0.435. The number of nitrogens with one attached hydrogen (secondary N) is 1. The van der Waals surface area contributed by atoms with Crippen LogP contribution < -0.4 is 5.32 Å². The molecular formula is C23H27F3N4O2. The molecule has 1 N–H and O–H groups in total. The third-order valence-electron chi connectivity index (χ3n) is 5.38. The zero-order chi connectivity index (χ0) is 23.1. The normalized spacial score (nSPS) is 16.3. The summed E-state index contributed by atoms with van der Waals surface area (Å²) in [4.78, 5) is 33.0. The number of carbonyl (C=O) groups excluding carboxylic acids is 2. The van der Waals surface area contributed by atoms with Crippen LogP contribution >= 0.6 is 0 Å². The molecule has 6 nitrogen and oxygen atoms in total. The van der Waals surface area contributed by atoms with Crippen LogP contribution in [0.2, 0.25) is 0 Å². The molecule has 9 heteroatoms. The molecule has 172 valence electrons. The summed E-state index contributed by atoms with van der Waals surface area (Å²) < 4.78 is 38.6. The van der Waals surface area contributed by atoms with Gasteiger partial charge >= 0.3 is 12.1 Å². The quantitative estimate of drug-likeness (QED) is 0.738. The SMILES string of the molecule is Cc1cccc(CN2CCCN(C(=O)C(Cc3ccccc3)NC(=O)C(F)(F)F)CC2)n1. The van der Waals surface area contributed by atoms with Gasteiger partial charge in [0.1, 0.15) is 6.04 Å². The molecule has 0 radical (unpaired) electrons. The lowest BCUT2D eigenvalue weighted by molar-refractivity contribution is -0.175. The number of carbonyl (C=O) groups is 2. The highest BCUT2D eigenvalue weighted by Gasteiger charge is 2.41. The molecule has 32 heavy (non-hydrogen) atoms. The van der Waals surface area contributed by atoms with Crippen molar-refractivity contribution in [2.45, 2.75) is 38.5 Å². The first kappa shape index (κ1) is 23.7. The molecule has 0 saturated carbocycles. The zero-order valence-electron chi connectivity index (χ0n) is 17.9. The highest BCUT2D eigenvalue weighted by atomic mass is 19.4. The van der Waals surface area contributed by atoms with Crippen molar-refractivity contribution in [1.82, 2.24) is 20.1 Å². The Morgan fingerprint density at radius 1 is 1.03 bits per heavy atom. The van der Waals surface area contributed by atoms with Gasteiger partial charge in [0.2, 0.25) is 5.91 Å². The van der Waals surface area contributed by atoms with Crippen LogP contribution in [0.15, 0.2) is 48.5 Å². The minimum Gasteiger partial charge on any atom is -0.340 e. The van der Waals surface area contributed by atoms with Crippen LogP contribution in [0.5, 0.6) is 0 Å². The Bertz CT molecular complexity index is 921. The molecule has 1 aliphatic heterocycles. The fourth-order valence-corrected chi connectivity index (χ4v) is 3.78. The van der Waals surface area contributed by atoms with Gasteiger partial charge in [-0.15, -0.1) is 0 Å². The number of hydrogen-bond donors (Lipinski definition) is 1. The predicted molar refractivity (Wildman–Crippen MR) is 114 cm³/mol. The minimum atomic E-state index is -5.05. The lowest BCUT2D eigenvalue weighted by Gasteiger charge is -2.27. The maximum atomic E-state index is 13.1. The standard InChI is InChI=1S/C23H27F3N4O2/c1-17-7-5-10-19(27-17)16-29-11-6-12-30(14-13-29)21(31)20(28-22(32)23(24,25)26)15-18-8-3-2-4-9-18/h2-5,7-10,20H,6,11-16H2,1H3,(H,28,32). The summed E-state index contributed by atoms with van der Waals surface area (Å²) in [5.41, 5.74) is 2.54. The average molecular weight is 448 g/mol. The maximum absolute atomic E-state index is 13.1. The number of alkyl halides is 3. The Morgan fingerprint density at radius 2 is 1.78 bits per heavy atom. The lowest BCUT2D eigenvalue weighted by atomic mass is 10.0. The van der Waals surface area contributed by atoms with Crippen molar-refractivity contribution in [2.75, 3.05) is 26.2 Å². The van der Waals surface area contributed by atoms with E-state index in [0.717, 1.165) is 17.9 Å². The highest BCUT2D eigenvalue weighted by Crippen LogP contribution is 2.17. The molecule has 1 fully saturated rings. The first-order valence-electron chi connectivity index (χ1n) is 10.6. The van der Waals surface area contributed by atoms with Crippen molar-refractivity contribution in [3.05, 3.63) is 65.5 Å². The van der Waals surface area contributed by atoms with Crippen molar-refractivity contribution >= 4 is 11.8 Å². The number of rotatable bonds is 6. The van der Waals surface area contributed by atoms with Gasteiger partial charge in [-0.3, -0.25) is 19.5 Å². The molecule has 0 bridgehead atoms. The summed E-state index contributed by atoms with van der Waals surface area (Å²) in [6.07, 6.45) is -4.37. The van der Waals surface area contributed by atoms with E-state index in [2.05, 4.69) is 9.88 Å². The van der Waals surface area contributed by atoms with E-state index >= 15 is 0 Å². The van der Waals surface area contributed by atoms with Crippen molar-refractivity contribution in [3.8, 4) is 0 Å². The predicted octanol–water partition coefficient (Wildman–Crippen LogP) is 2.71. The second-order valence-electron chi connectivity index (χ2n) is 7.94. The molecule has 0 aliphatic carbocycles. The van der Waals surface area contributed by atoms with Crippen LogP contribution in [0, 0.1) is 6.92 Å². The van der Waals surface area contributed by atoms with Gasteiger partial charge in [0.15, 0.2) is 0 Å². The molecule has 1 atom stereocenters. The van der Waals surface area contributed by atoms with Gasteiger partial charge in [0, 0.05) is 44.8 Å². The number of nitrogens with zero attached hydrogens (tertiary/aromatic N) is 3. The van der Waals surface area contributed by atoms with E-state index < -0.39 is 24.0 Å². The molecule has 0 spiro atoms. The molecule has 1 aliphatic rings. The molecular weight excluding hydrogens is 421 g/mol. The van der Waals surface area contributed by atoms with E-state index in [4.69, 9.17) is 0 Å². The number of hydrogen-bond acceptors (Lipinski definition) is 4. The summed E-state index contributed by atoms with van der Waals surface area (Å²) in [5.74, 6) is -2.60. The fourth-order valence-electron chi connectivity index (χ4n) is 3.78. The van der Waals surface area contributed by atoms with E-state index in [1.54, 1.807) is 35.2 Å². The first-order chi connectivity index (χ1) is 15.2. The van der Waals surface area contributed by atoms with Gasteiger partial charge in [0.25, 0.3) is 0 Å². The number of benzene rings is 1. The van der Waals surface area contributed by atoms with Crippen molar-refractivity contribution in [3.63, 3.8) is 0 Å². The number of amides is 2. The van der Waals surface area contributed by atoms with Crippen LogP contribution in [0.4, 0.5) is 13.2 Å². The number of halogens is 3. The smallest absolute Gasteiger partial charge is 0.340 e. The van der Waals surface area contributed by atoms with Crippen LogP contribution in [-0.2, 0) is 22.6 Å². The van der Waals surface area contributed by atoms with Gasteiger partial charge in [-0.05, 0) is 31.0 Å². The third-order valence-corrected chi connectivity index (χ3v) is 5.38. The minimum absolute atomic E-state index is 0.00504. The summed E-state index contributed by atoms with van der Waals surface area (Å²) >= 11 is 0. The summed E-state index contributed by atoms with van der Waals surface area (Å²) in [7, 11) is 0. The van der Waals surface area contributed by atoms with Crippen molar-refractivity contribution < 1.29 is 22.8 Å². The Balaban J connectivity index is 1.67. The average Bonchev–Trinajstić information content (AvgIpc) is 2.98. The summed E-state index contributed by atoms with van der Waals surface area (Å²) in [5, 5.41) is 1.90. The van der Waals surface area contributed by atoms with E-state index in [1.807, 2.05) is 30.4 Å². The summed E-state index contributed by atoms with van der Waals surface area (Å²) in [6, 6.07) is 13.2. The summed E-state index contributed by atoms with van der Waals surface area (Å²) in [6.45, 7) is 4.68. The molecule has 2 aromatic rings. The Hall–Kier alpha value is -2.94. The highest BCUT2D eigenvalue weighted by molar-refractivity contribution is 5.90. The van der Waals surface area contributed by atoms with Crippen LogP contribution in [0.3, 0.4) is 0 Å². The molecule has 2 amide bonds. The van der Waals surface area contributed by atoms with Crippen molar-refractivity contribution in [1.29, 1.82) is 0 Å². The number of aromatic nitrogens is 1. The van der Waals surface area contributed by atoms with Crippen LogP contribution in [-0.4, -0.2) is 65.0 Å². The topological polar surface area (TPSA) is 65.5 Å². The maximum Gasteiger partial charge on any atom is 0.471 e. The number of aryl methyl sites for hydroxylation is 1. The lowest BCUT2D eigenvalue weighted by Crippen LogP contribution is -2.53. The molecule has 1 aromatic heterocycles. The van der Waals surface area contributed by atoms with E-state index in [-0.39, 0.29) is 6.42 Å². The Labute approximate surface area is 185 Å². The zero-order valence-corrected chi connectivity index (χ0v) is 17.9. The van der Waals surface area contributed by atoms with Crippen molar-refractivity contribution in [2.24, 2.45) is 0 Å². The van der Waals surface area contributed by atoms with E-state index in [0.29, 0.717) is 38.2 Å². The molecule has 2 heterocycles. The van der Waals surface area contributed by atoms with Gasteiger partial charge < -0.3 is 10.2 Å². The van der Waals surface area contributed by atoms with E-state index in [1.165, 1.54) is 0 Å². The Morgan fingerprint density at radius 3 is 2.47 bits per heavy atom. The third kappa shape index (κ3) is 6.78.